The quantitative estimate of drug-likeness (QED) is 0.310. The van der Waals surface area contributed by atoms with Crippen LogP contribution in [-0.4, -0.2) is 44.4 Å². The number of thiocarbonyl (C=S) groups is 1. The summed E-state index contributed by atoms with van der Waals surface area (Å²) >= 11 is 5.59. The highest BCUT2D eigenvalue weighted by Crippen LogP contribution is 2.31. The molecule has 5 nitrogen and oxygen atoms in total. The molecule has 2 heterocycles. The van der Waals surface area contributed by atoms with E-state index in [0.717, 1.165) is 37.8 Å². The lowest BCUT2D eigenvalue weighted by Gasteiger charge is -2.39. The number of amides is 2. The second-order valence-electron chi connectivity index (χ2n) is 8.84. The molecule has 1 aliphatic rings. The van der Waals surface area contributed by atoms with Crippen LogP contribution in [0.5, 0.6) is 0 Å². The first-order chi connectivity index (χ1) is 16.0. The molecule has 174 valence electrons. The van der Waals surface area contributed by atoms with E-state index in [1.807, 2.05) is 0 Å². The summed E-state index contributed by atoms with van der Waals surface area (Å²) < 4.78 is 2.31. The van der Waals surface area contributed by atoms with Crippen LogP contribution >= 0.6 is 12.2 Å². The van der Waals surface area contributed by atoms with Crippen LogP contribution in [0.2, 0.25) is 0 Å². The number of para-hydroxylation sites is 1. The molecule has 4 rings (SSSR count). The first kappa shape index (κ1) is 23.4. The zero-order valence-corrected chi connectivity index (χ0v) is 20.7. The van der Waals surface area contributed by atoms with Gasteiger partial charge in [-0.25, -0.2) is 0 Å². The van der Waals surface area contributed by atoms with Gasteiger partial charge in [0.2, 0.25) is 11.8 Å². The van der Waals surface area contributed by atoms with E-state index < -0.39 is 5.92 Å². The lowest BCUT2D eigenvalue weighted by Crippen LogP contribution is -2.60. The minimum atomic E-state index is -0.720. The predicted octanol–water partition coefficient (Wildman–Crippen LogP) is 5.53. The van der Waals surface area contributed by atoms with E-state index in [1.165, 1.54) is 21.8 Å². The summed E-state index contributed by atoms with van der Waals surface area (Å²) in [6.07, 6.45) is 4.08. The van der Waals surface area contributed by atoms with Crippen LogP contribution in [0.1, 0.15) is 52.0 Å². The van der Waals surface area contributed by atoms with Gasteiger partial charge in [0.1, 0.15) is 5.92 Å². The third kappa shape index (κ3) is 4.29. The van der Waals surface area contributed by atoms with Crippen molar-refractivity contribution < 1.29 is 9.59 Å². The molecule has 0 spiro atoms. The largest absolute Gasteiger partial charge is 0.341 e. The van der Waals surface area contributed by atoms with Crippen LogP contribution in [0.15, 0.2) is 42.5 Å². The second-order valence-corrected chi connectivity index (χ2v) is 9.20. The Bertz CT molecular complexity index is 1170. The molecule has 1 saturated heterocycles. The number of hydrogen-bond donors (Lipinski definition) is 0. The molecule has 0 saturated carbocycles. The Morgan fingerprint density at radius 1 is 0.818 bits per heavy atom. The third-order valence-electron chi connectivity index (χ3n) is 6.65. The van der Waals surface area contributed by atoms with Gasteiger partial charge in [0, 0.05) is 41.4 Å². The average molecular weight is 464 g/mol. The lowest BCUT2D eigenvalue weighted by atomic mass is 9.93. The van der Waals surface area contributed by atoms with Crippen molar-refractivity contribution >= 4 is 51.0 Å². The van der Waals surface area contributed by atoms with E-state index >= 15 is 0 Å². The maximum Gasteiger partial charge on any atom is 0.241 e. The van der Waals surface area contributed by atoms with E-state index in [0.29, 0.717) is 24.6 Å². The highest BCUT2D eigenvalue weighted by atomic mass is 32.1. The number of unbranched alkanes of at least 4 members (excludes halogenated alkanes) is 2. The molecule has 1 fully saturated rings. The normalized spacial score (nSPS) is 15.4. The Kier molecular flexibility index (Phi) is 7.13. The fourth-order valence-corrected chi connectivity index (χ4v) is 5.20. The number of hydrogen-bond acceptors (Lipinski definition) is 3. The molecule has 3 aromatic rings. The van der Waals surface area contributed by atoms with Crippen molar-refractivity contribution in [1.29, 1.82) is 0 Å². The van der Waals surface area contributed by atoms with Gasteiger partial charge in [0.15, 0.2) is 5.11 Å². The molecule has 0 unspecified atom stereocenters. The van der Waals surface area contributed by atoms with Crippen molar-refractivity contribution in [2.75, 3.05) is 13.1 Å². The van der Waals surface area contributed by atoms with Crippen LogP contribution in [0.25, 0.3) is 21.8 Å². The van der Waals surface area contributed by atoms with Gasteiger partial charge in [0.25, 0.3) is 0 Å². The van der Waals surface area contributed by atoms with Gasteiger partial charge in [-0.1, -0.05) is 51.0 Å². The summed E-state index contributed by atoms with van der Waals surface area (Å²) in [5.74, 6) is -1.02. The van der Waals surface area contributed by atoms with Crippen molar-refractivity contribution in [2.24, 2.45) is 5.92 Å². The van der Waals surface area contributed by atoms with Gasteiger partial charge >= 0.3 is 0 Å². The zero-order chi connectivity index (χ0) is 23.5. The van der Waals surface area contributed by atoms with E-state index in [2.05, 4.69) is 67.8 Å². The number of nitrogens with zero attached hydrogens (tertiary/aromatic N) is 3. The number of fused-ring (bicyclic) bond motifs is 3. The first-order valence-corrected chi connectivity index (χ1v) is 12.6. The molecule has 2 amide bonds. The average Bonchev–Trinajstić information content (AvgIpc) is 3.15. The molecule has 0 bridgehead atoms. The predicted molar refractivity (Wildman–Crippen MR) is 138 cm³/mol. The highest BCUT2D eigenvalue weighted by Gasteiger charge is 2.42. The van der Waals surface area contributed by atoms with Gasteiger partial charge in [-0.3, -0.25) is 19.4 Å². The number of carbonyl (C=O) groups excluding carboxylic acids is 2. The molecule has 1 aromatic heterocycles. The van der Waals surface area contributed by atoms with E-state index in [-0.39, 0.29) is 11.8 Å². The van der Waals surface area contributed by atoms with Crippen molar-refractivity contribution in [2.45, 2.75) is 59.4 Å². The van der Waals surface area contributed by atoms with Crippen LogP contribution in [-0.2, 0) is 22.6 Å². The minimum absolute atomic E-state index is 0.151. The molecule has 6 heteroatoms. The number of carbonyl (C=O) groups is 2. The molecule has 0 radical (unpaired) electrons. The van der Waals surface area contributed by atoms with Crippen LogP contribution < -0.4 is 0 Å². The standard InChI is InChI=1S/C27H33N3O2S/c1-4-7-15-29-25(31)22(26(32)30(27(29)33)16-8-5-2)18-19-13-14-24-21(17-19)20-11-9-10-12-23(20)28(24)6-3/h9-14,17,22H,4-8,15-16,18H2,1-3H3. The SMILES string of the molecule is CCCCN1C(=O)C(Cc2ccc3c(c2)c2ccccc2n3CC)C(=O)N(CCCC)C1=S. The summed E-state index contributed by atoms with van der Waals surface area (Å²) in [6.45, 7) is 8.37. The summed E-state index contributed by atoms with van der Waals surface area (Å²) in [5, 5.41) is 2.75. The van der Waals surface area contributed by atoms with Crippen molar-refractivity contribution in [1.82, 2.24) is 14.4 Å². The monoisotopic (exact) mass is 463 g/mol. The maximum atomic E-state index is 13.4. The number of aryl methyl sites for hydroxylation is 1. The fraction of sp³-hybridized carbons (Fsp3) is 0.444. The van der Waals surface area contributed by atoms with Gasteiger partial charge in [-0.15, -0.1) is 0 Å². The van der Waals surface area contributed by atoms with E-state index in [9.17, 15) is 9.59 Å². The van der Waals surface area contributed by atoms with Crippen LogP contribution in [0, 0.1) is 5.92 Å². The molecule has 33 heavy (non-hydrogen) atoms. The Morgan fingerprint density at radius 2 is 1.42 bits per heavy atom. The van der Waals surface area contributed by atoms with Crippen LogP contribution in [0.4, 0.5) is 0 Å². The summed E-state index contributed by atoms with van der Waals surface area (Å²) in [5.41, 5.74) is 3.39. The number of rotatable bonds is 9. The Hall–Kier alpha value is -2.73. The molecule has 1 aliphatic heterocycles. The Balaban J connectivity index is 1.69. The van der Waals surface area contributed by atoms with Crippen molar-refractivity contribution in [3.05, 3.63) is 48.0 Å². The molecular weight excluding hydrogens is 430 g/mol. The minimum Gasteiger partial charge on any atom is -0.341 e. The summed E-state index contributed by atoms with van der Waals surface area (Å²) in [6, 6.07) is 14.7. The third-order valence-corrected chi connectivity index (χ3v) is 7.09. The Labute approximate surface area is 201 Å². The van der Waals surface area contributed by atoms with E-state index in [1.54, 1.807) is 9.80 Å². The molecule has 0 atom stereocenters. The Morgan fingerprint density at radius 3 is 2.03 bits per heavy atom. The van der Waals surface area contributed by atoms with Crippen LogP contribution in [0.3, 0.4) is 0 Å². The second kappa shape index (κ2) is 10.0. The van der Waals surface area contributed by atoms with Gasteiger partial charge < -0.3 is 4.57 Å². The van der Waals surface area contributed by atoms with Gasteiger partial charge in [-0.05, 0) is 62.2 Å². The molecule has 0 aliphatic carbocycles. The van der Waals surface area contributed by atoms with Crippen molar-refractivity contribution in [3.8, 4) is 0 Å². The lowest BCUT2D eigenvalue weighted by molar-refractivity contribution is -0.147. The number of aromatic nitrogens is 1. The van der Waals surface area contributed by atoms with Gasteiger partial charge in [-0.2, -0.15) is 0 Å². The summed E-state index contributed by atoms with van der Waals surface area (Å²) in [7, 11) is 0. The number of benzene rings is 2. The van der Waals surface area contributed by atoms with E-state index in [4.69, 9.17) is 12.2 Å². The van der Waals surface area contributed by atoms with Gasteiger partial charge in [0.05, 0.1) is 0 Å². The smallest absolute Gasteiger partial charge is 0.241 e. The summed E-state index contributed by atoms with van der Waals surface area (Å²) in [4.78, 5) is 30.1. The maximum absolute atomic E-state index is 13.4. The molecular formula is C27H33N3O2S. The first-order valence-electron chi connectivity index (χ1n) is 12.2. The molecule has 2 aromatic carbocycles. The topological polar surface area (TPSA) is 45.6 Å². The zero-order valence-electron chi connectivity index (χ0n) is 19.8. The fourth-order valence-electron chi connectivity index (χ4n) is 4.84. The molecule has 0 N–H and O–H groups in total. The van der Waals surface area contributed by atoms with Crippen molar-refractivity contribution in [3.63, 3.8) is 0 Å². The highest BCUT2D eigenvalue weighted by molar-refractivity contribution is 7.80.